The first-order chi connectivity index (χ1) is 22.0. The normalized spacial score (nSPS) is 14.3. The quantitative estimate of drug-likeness (QED) is 0.190. The molecule has 0 bridgehead atoms. The number of piperidine rings is 1. The number of rotatable bonds is 7. The van der Waals surface area contributed by atoms with Crippen molar-refractivity contribution in [3.8, 4) is 22.6 Å². The summed E-state index contributed by atoms with van der Waals surface area (Å²) in [7, 11) is 2.01. The van der Waals surface area contributed by atoms with E-state index in [4.69, 9.17) is 4.52 Å². The number of anilines is 3. The third kappa shape index (κ3) is 6.76. The maximum Gasteiger partial charge on any atom is 0.418 e. The molecule has 1 amide bonds. The smallest absolute Gasteiger partial charge is 0.356 e. The van der Waals surface area contributed by atoms with Crippen LogP contribution in [0, 0.1) is 13.8 Å². The number of amides is 1. The fourth-order valence-corrected chi connectivity index (χ4v) is 5.57. The van der Waals surface area contributed by atoms with Gasteiger partial charge in [0.1, 0.15) is 0 Å². The van der Waals surface area contributed by atoms with Crippen molar-refractivity contribution in [1.29, 1.82) is 0 Å². The minimum Gasteiger partial charge on any atom is -0.356 e. The summed E-state index contributed by atoms with van der Waals surface area (Å²) in [6, 6.07) is 12.7. The van der Waals surface area contributed by atoms with Crippen LogP contribution in [0.4, 0.5) is 30.5 Å². The highest BCUT2D eigenvalue weighted by molar-refractivity contribution is 6.05. The molecule has 1 saturated heterocycles. The summed E-state index contributed by atoms with van der Waals surface area (Å²) in [5.74, 6) is 0.262. The number of benzene rings is 2. The molecule has 0 atom stereocenters. The fourth-order valence-electron chi connectivity index (χ4n) is 5.57. The lowest BCUT2D eigenvalue weighted by molar-refractivity contribution is -0.137. The topological polar surface area (TPSA) is 109 Å². The summed E-state index contributed by atoms with van der Waals surface area (Å²) in [5, 5.41) is 9.46. The predicted molar refractivity (Wildman–Crippen MR) is 169 cm³/mol. The molecule has 46 heavy (non-hydrogen) atoms. The van der Waals surface area contributed by atoms with Gasteiger partial charge in [-0.05, 0) is 100 Å². The molecule has 3 aromatic heterocycles. The third-order valence-corrected chi connectivity index (χ3v) is 8.23. The number of hydrogen-bond donors (Lipinski definition) is 2. The van der Waals surface area contributed by atoms with Crippen LogP contribution in [-0.2, 0) is 6.18 Å². The predicted octanol–water partition coefficient (Wildman–Crippen LogP) is 7.63. The minimum absolute atomic E-state index is 0.0474. The number of carbonyl (C=O) groups is 1. The number of nitrogens with one attached hydrogen (secondary N) is 2. The van der Waals surface area contributed by atoms with Crippen LogP contribution in [0.5, 0.6) is 0 Å². The molecule has 0 aliphatic carbocycles. The number of aromatic nitrogens is 4. The van der Waals surface area contributed by atoms with Crippen molar-refractivity contribution in [1.82, 2.24) is 25.0 Å². The Labute approximate surface area is 263 Å². The van der Waals surface area contributed by atoms with Gasteiger partial charge < -0.3 is 20.1 Å². The summed E-state index contributed by atoms with van der Waals surface area (Å²) in [5.41, 5.74) is 3.94. The number of alkyl halides is 3. The van der Waals surface area contributed by atoms with Gasteiger partial charge in [0.2, 0.25) is 5.95 Å². The maximum absolute atomic E-state index is 14.1. The molecule has 0 radical (unpaired) electrons. The number of aryl methyl sites for hydroxylation is 2. The van der Waals surface area contributed by atoms with Crippen LogP contribution < -0.4 is 10.6 Å². The number of hydrogen-bond acceptors (Lipinski definition) is 8. The zero-order chi connectivity index (χ0) is 32.4. The highest BCUT2D eigenvalue weighted by atomic mass is 19.4. The van der Waals surface area contributed by atoms with E-state index in [1.54, 1.807) is 55.1 Å². The highest BCUT2D eigenvalue weighted by Crippen LogP contribution is 2.39. The van der Waals surface area contributed by atoms with Crippen LogP contribution in [-0.4, -0.2) is 51.1 Å². The Morgan fingerprint density at radius 2 is 1.72 bits per heavy atom. The number of pyridine rings is 1. The van der Waals surface area contributed by atoms with Gasteiger partial charge in [-0.3, -0.25) is 9.78 Å². The Hall–Kier alpha value is -5.10. The zero-order valence-electron chi connectivity index (χ0n) is 25.5. The molecule has 236 valence electrons. The van der Waals surface area contributed by atoms with Crippen molar-refractivity contribution >= 4 is 23.2 Å². The monoisotopic (exact) mass is 627 g/mol. The van der Waals surface area contributed by atoms with Crippen LogP contribution in [0.15, 0.2) is 77.8 Å². The van der Waals surface area contributed by atoms with E-state index in [9.17, 15) is 18.0 Å². The Morgan fingerprint density at radius 3 is 2.46 bits per heavy atom. The van der Waals surface area contributed by atoms with E-state index < -0.39 is 17.6 Å². The van der Waals surface area contributed by atoms with Crippen molar-refractivity contribution in [2.75, 3.05) is 30.8 Å². The summed E-state index contributed by atoms with van der Waals surface area (Å²) >= 11 is 0. The van der Waals surface area contributed by atoms with Crippen LogP contribution in [0.1, 0.15) is 51.4 Å². The summed E-state index contributed by atoms with van der Waals surface area (Å²) in [4.78, 5) is 28.7. The lowest BCUT2D eigenvalue weighted by Gasteiger charge is -2.29. The van der Waals surface area contributed by atoms with E-state index in [0.29, 0.717) is 22.7 Å². The fraction of sp³-hybridized carbons (Fsp3) is 0.265. The Balaban J connectivity index is 1.21. The number of nitrogens with zero attached hydrogens (tertiary/aromatic N) is 5. The molecular weight excluding hydrogens is 595 g/mol. The Morgan fingerprint density at radius 1 is 0.935 bits per heavy atom. The molecule has 1 fully saturated rings. The summed E-state index contributed by atoms with van der Waals surface area (Å²) < 4.78 is 47.8. The van der Waals surface area contributed by atoms with Gasteiger partial charge in [-0.1, -0.05) is 17.3 Å². The average molecular weight is 628 g/mol. The average Bonchev–Trinajstić information content (AvgIpc) is 3.48. The molecule has 2 N–H and O–H groups in total. The standard InChI is InChI=1S/C34H32F3N7O2/c1-20-4-5-24(32(45)41-29-7-6-23(15-27(29)34(35,36)37)22-9-12-44(3)13-10-22)16-30(20)43-33-39-11-8-28(42-33)25-14-26(19-38-18-25)31-21(2)17-40-46-31/h4-8,11,14-19,22H,9-10,12-13H2,1-3H3,(H,41,45)(H,39,42,43). The molecule has 0 saturated carbocycles. The van der Waals surface area contributed by atoms with Crippen molar-refractivity contribution in [3.05, 3.63) is 101 Å². The van der Waals surface area contributed by atoms with E-state index >= 15 is 0 Å². The molecule has 2 aromatic carbocycles. The third-order valence-electron chi connectivity index (χ3n) is 8.23. The van der Waals surface area contributed by atoms with Crippen LogP contribution in [0.2, 0.25) is 0 Å². The number of carbonyl (C=O) groups excluding carboxylic acids is 1. The van der Waals surface area contributed by atoms with Gasteiger partial charge >= 0.3 is 6.18 Å². The van der Waals surface area contributed by atoms with Gasteiger partial charge in [0.15, 0.2) is 5.76 Å². The Bertz CT molecular complexity index is 1880. The molecule has 5 aromatic rings. The van der Waals surface area contributed by atoms with E-state index in [2.05, 4.69) is 35.6 Å². The molecule has 0 spiro atoms. The van der Waals surface area contributed by atoms with E-state index in [-0.39, 0.29) is 23.1 Å². The minimum atomic E-state index is -4.63. The second-order valence-electron chi connectivity index (χ2n) is 11.6. The maximum atomic E-state index is 14.1. The van der Waals surface area contributed by atoms with E-state index in [1.807, 2.05) is 27.0 Å². The molecule has 0 unspecified atom stereocenters. The van der Waals surface area contributed by atoms with Crippen LogP contribution in [0.3, 0.4) is 0 Å². The van der Waals surface area contributed by atoms with Gasteiger partial charge in [0.25, 0.3) is 5.91 Å². The van der Waals surface area contributed by atoms with Gasteiger partial charge in [-0.15, -0.1) is 0 Å². The van der Waals surface area contributed by atoms with Crippen molar-refractivity contribution in [2.45, 2.75) is 38.8 Å². The molecular formula is C34H32F3N7O2. The molecule has 4 heterocycles. The van der Waals surface area contributed by atoms with E-state index in [0.717, 1.165) is 48.2 Å². The zero-order valence-corrected chi connectivity index (χ0v) is 25.5. The van der Waals surface area contributed by atoms with Gasteiger partial charge in [0.05, 0.1) is 23.1 Å². The first kappa shape index (κ1) is 30.9. The molecule has 12 heteroatoms. The van der Waals surface area contributed by atoms with Gasteiger partial charge in [-0.25, -0.2) is 9.97 Å². The summed E-state index contributed by atoms with van der Waals surface area (Å²) in [6.07, 6.45) is 3.53. The van der Waals surface area contributed by atoms with Gasteiger partial charge in [0, 0.05) is 46.5 Å². The lowest BCUT2D eigenvalue weighted by atomic mass is 9.88. The molecule has 1 aliphatic rings. The Kier molecular flexibility index (Phi) is 8.55. The molecule has 9 nitrogen and oxygen atoms in total. The second-order valence-corrected chi connectivity index (χ2v) is 11.6. The largest absolute Gasteiger partial charge is 0.418 e. The number of halogens is 3. The first-order valence-electron chi connectivity index (χ1n) is 14.8. The van der Waals surface area contributed by atoms with Crippen molar-refractivity contribution in [3.63, 3.8) is 0 Å². The van der Waals surface area contributed by atoms with Crippen LogP contribution >= 0.6 is 0 Å². The highest BCUT2D eigenvalue weighted by Gasteiger charge is 2.35. The van der Waals surface area contributed by atoms with Crippen molar-refractivity contribution in [2.24, 2.45) is 0 Å². The van der Waals surface area contributed by atoms with E-state index in [1.165, 1.54) is 12.1 Å². The lowest BCUT2D eigenvalue weighted by Crippen LogP contribution is -2.29. The van der Waals surface area contributed by atoms with Gasteiger partial charge in [-0.2, -0.15) is 13.2 Å². The molecule has 6 rings (SSSR count). The molecule has 1 aliphatic heterocycles. The first-order valence-corrected chi connectivity index (χ1v) is 14.8. The van der Waals surface area contributed by atoms with Crippen molar-refractivity contribution < 1.29 is 22.5 Å². The summed E-state index contributed by atoms with van der Waals surface area (Å²) in [6.45, 7) is 5.39. The number of likely N-dealkylation sites (tertiary alicyclic amines) is 1. The van der Waals surface area contributed by atoms with Crippen LogP contribution in [0.25, 0.3) is 22.6 Å². The SMILES string of the molecule is Cc1ccc(C(=O)Nc2ccc(C3CCN(C)CC3)cc2C(F)(F)F)cc1Nc1nccc(-c2cncc(-c3oncc3C)c2)n1. The second kappa shape index (κ2) is 12.7.